The van der Waals surface area contributed by atoms with Gasteiger partial charge in [0.25, 0.3) is 0 Å². The maximum atomic E-state index is 3.96. The van der Waals surface area contributed by atoms with Gasteiger partial charge in [-0.05, 0) is 42.2 Å². The predicted molar refractivity (Wildman–Crippen MR) is 76.5 cm³/mol. The van der Waals surface area contributed by atoms with E-state index in [9.17, 15) is 0 Å². The van der Waals surface area contributed by atoms with Gasteiger partial charge in [-0.1, -0.05) is 65.9 Å². The third-order valence-corrected chi connectivity index (χ3v) is 5.90. The molecule has 0 heterocycles. The van der Waals surface area contributed by atoms with E-state index in [4.69, 9.17) is 0 Å². The largest absolute Gasteiger partial charge is 0.0836 e. The van der Waals surface area contributed by atoms with E-state index < -0.39 is 0 Å². The normalized spacial score (nSPS) is 29.2. The zero-order chi connectivity index (χ0) is 11.7. The Kier molecular flexibility index (Phi) is 3.56. The number of alkyl halides is 1. The minimum absolute atomic E-state index is 0.605. The van der Waals surface area contributed by atoms with Crippen molar-refractivity contribution in [1.82, 2.24) is 0 Å². The third kappa shape index (κ3) is 2.45. The summed E-state index contributed by atoms with van der Waals surface area (Å²) >= 11 is 3.96. The number of benzene rings is 1. The molecule has 2 atom stereocenters. The van der Waals surface area contributed by atoms with Gasteiger partial charge in [0.1, 0.15) is 0 Å². The van der Waals surface area contributed by atoms with E-state index in [1.807, 2.05) is 0 Å². The second kappa shape index (κ2) is 5.14. The highest BCUT2D eigenvalue weighted by molar-refractivity contribution is 9.09. The molecule has 17 heavy (non-hydrogen) atoms. The molecule has 2 aliphatic rings. The van der Waals surface area contributed by atoms with Gasteiger partial charge < -0.3 is 0 Å². The molecular formula is C16H21Br. The maximum Gasteiger partial charge on any atom is 0.0426 e. The Morgan fingerprint density at radius 3 is 2.65 bits per heavy atom. The average molecular weight is 293 g/mol. The van der Waals surface area contributed by atoms with Crippen LogP contribution in [0.15, 0.2) is 24.3 Å². The summed E-state index contributed by atoms with van der Waals surface area (Å²) in [5.74, 6) is 1.89. The molecule has 1 fully saturated rings. The molecule has 0 nitrogen and oxygen atoms in total. The SMILES string of the molecule is BrC1c2ccccc2CCC1CC1CCCC1. The standard InChI is InChI=1S/C16H21Br/c17-16-14(11-12-5-1-2-6-12)10-9-13-7-3-4-8-15(13)16/h3-4,7-8,12,14,16H,1-2,5-6,9-11H2. The molecule has 92 valence electrons. The minimum atomic E-state index is 0.605. The van der Waals surface area contributed by atoms with Crippen LogP contribution >= 0.6 is 15.9 Å². The van der Waals surface area contributed by atoms with Gasteiger partial charge in [0.2, 0.25) is 0 Å². The first kappa shape index (κ1) is 11.8. The van der Waals surface area contributed by atoms with Gasteiger partial charge in [0.05, 0.1) is 0 Å². The van der Waals surface area contributed by atoms with Crippen molar-refractivity contribution >= 4 is 15.9 Å². The van der Waals surface area contributed by atoms with E-state index in [0.717, 1.165) is 11.8 Å². The summed E-state index contributed by atoms with van der Waals surface area (Å²) in [7, 11) is 0. The van der Waals surface area contributed by atoms with Gasteiger partial charge in [0, 0.05) is 4.83 Å². The Morgan fingerprint density at radius 1 is 1.06 bits per heavy atom. The Labute approximate surface area is 113 Å². The lowest BCUT2D eigenvalue weighted by Crippen LogP contribution is -2.19. The van der Waals surface area contributed by atoms with Crippen LogP contribution in [0.2, 0.25) is 0 Å². The smallest absolute Gasteiger partial charge is 0.0426 e. The van der Waals surface area contributed by atoms with Crippen molar-refractivity contribution in [3.05, 3.63) is 35.4 Å². The minimum Gasteiger partial charge on any atom is -0.0836 e. The summed E-state index contributed by atoms with van der Waals surface area (Å²) < 4.78 is 0. The van der Waals surface area contributed by atoms with Crippen molar-refractivity contribution in [2.75, 3.05) is 0 Å². The van der Waals surface area contributed by atoms with Crippen molar-refractivity contribution in [3.63, 3.8) is 0 Å². The lowest BCUT2D eigenvalue weighted by molar-refractivity contribution is 0.341. The molecule has 3 rings (SSSR count). The zero-order valence-electron chi connectivity index (χ0n) is 10.4. The van der Waals surface area contributed by atoms with E-state index in [2.05, 4.69) is 40.2 Å². The van der Waals surface area contributed by atoms with Crippen molar-refractivity contribution < 1.29 is 0 Å². The van der Waals surface area contributed by atoms with Crippen LogP contribution in [0.5, 0.6) is 0 Å². The van der Waals surface area contributed by atoms with Crippen LogP contribution < -0.4 is 0 Å². The van der Waals surface area contributed by atoms with Gasteiger partial charge in [-0.15, -0.1) is 0 Å². The van der Waals surface area contributed by atoms with Crippen LogP contribution in [0.3, 0.4) is 0 Å². The van der Waals surface area contributed by atoms with Crippen molar-refractivity contribution in [3.8, 4) is 0 Å². The molecule has 1 aromatic rings. The summed E-state index contributed by atoms with van der Waals surface area (Å²) in [4.78, 5) is 0.605. The van der Waals surface area contributed by atoms with Crippen molar-refractivity contribution in [2.24, 2.45) is 11.8 Å². The van der Waals surface area contributed by atoms with Crippen molar-refractivity contribution in [1.29, 1.82) is 0 Å². The maximum absolute atomic E-state index is 3.96. The number of aryl methyl sites for hydroxylation is 1. The first-order valence-electron chi connectivity index (χ1n) is 7.06. The molecule has 0 saturated heterocycles. The van der Waals surface area contributed by atoms with Crippen LogP contribution in [-0.4, -0.2) is 0 Å². The van der Waals surface area contributed by atoms with Crippen LogP contribution in [0.25, 0.3) is 0 Å². The highest BCUT2D eigenvalue weighted by atomic mass is 79.9. The van der Waals surface area contributed by atoms with E-state index in [-0.39, 0.29) is 0 Å². The lowest BCUT2D eigenvalue weighted by atomic mass is 9.79. The molecule has 1 aromatic carbocycles. The monoisotopic (exact) mass is 292 g/mol. The lowest BCUT2D eigenvalue weighted by Gasteiger charge is -2.31. The van der Waals surface area contributed by atoms with Crippen LogP contribution in [0, 0.1) is 11.8 Å². The molecule has 2 aliphatic carbocycles. The summed E-state index contributed by atoms with van der Waals surface area (Å²) in [6.07, 6.45) is 10.0. The number of hydrogen-bond donors (Lipinski definition) is 0. The highest BCUT2D eigenvalue weighted by Gasteiger charge is 2.30. The molecule has 0 N–H and O–H groups in total. The fourth-order valence-electron chi connectivity index (χ4n) is 3.68. The summed E-state index contributed by atoms with van der Waals surface area (Å²) in [6.45, 7) is 0. The number of hydrogen-bond acceptors (Lipinski definition) is 0. The molecule has 0 spiro atoms. The number of fused-ring (bicyclic) bond motifs is 1. The zero-order valence-corrected chi connectivity index (χ0v) is 12.0. The molecule has 0 aliphatic heterocycles. The topological polar surface area (TPSA) is 0 Å². The second-order valence-corrected chi connectivity index (χ2v) is 6.77. The Hall–Kier alpha value is -0.300. The van der Waals surface area contributed by atoms with Gasteiger partial charge in [-0.3, -0.25) is 0 Å². The molecule has 1 saturated carbocycles. The van der Waals surface area contributed by atoms with Gasteiger partial charge >= 0.3 is 0 Å². The van der Waals surface area contributed by atoms with Gasteiger partial charge in [-0.25, -0.2) is 0 Å². The highest BCUT2D eigenvalue weighted by Crippen LogP contribution is 2.45. The molecule has 0 radical (unpaired) electrons. The summed E-state index contributed by atoms with van der Waals surface area (Å²) in [5, 5.41) is 0. The Bertz CT molecular complexity index is 379. The number of rotatable bonds is 2. The predicted octanol–water partition coefficient (Wildman–Crippen LogP) is 5.27. The fraction of sp³-hybridized carbons (Fsp3) is 0.625. The van der Waals surface area contributed by atoms with Crippen LogP contribution in [0.4, 0.5) is 0 Å². The molecular weight excluding hydrogens is 272 g/mol. The first-order valence-corrected chi connectivity index (χ1v) is 7.98. The summed E-state index contributed by atoms with van der Waals surface area (Å²) in [6, 6.07) is 8.98. The molecule has 0 aromatic heterocycles. The fourth-order valence-corrected chi connectivity index (χ4v) is 4.61. The summed E-state index contributed by atoms with van der Waals surface area (Å²) in [5.41, 5.74) is 3.12. The molecule has 0 amide bonds. The molecule has 2 unspecified atom stereocenters. The van der Waals surface area contributed by atoms with Gasteiger partial charge in [-0.2, -0.15) is 0 Å². The van der Waals surface area contributed by atoms with Crippen molar-refractivity contribution in [2.45, 2.75) is 49.8 Å². The molecule has 1 heteroatoms. The Balaban J connectivity index is 1.72. The third-order valence-electron chi connectivity index (χ3n) is 4.66. The van der Waals surface area contributed by atoms with E-state index >= 15 is 0 Å². The molecule has 0 bridgehead atoms. The van der Waals surface area contributed by atoms with Crippen LogP contribution in [-0.2, 0) is 6.42 Å². The van der Waals surface area contributed by atoms with E-state index in [1.165, 1.54) is 44.9 Å². The first-order chi connectivity index (χ1) is 8.34. The van der Waals surface area contributed by atoms with E-state index in [0.29, 0.717) is 4.83 Å². The number of halogens is 1. The van der Waals surface area contributed by atoms with E-state index in [1.54, 1.807) is 11.1 Å². The second-order valence-electron chi connectivity index (χ2n) is 5.79. The Morgan fingerprint density at radius 2 is 1.82 bits per heavy atom. The van der Waals surface area contributed by atoms with Crippen LogP contribution in [0.1, 0.15) is 54.5 Å². The quantitative estimate of drug-likeness (QED) is 0.652. The average Bonchev–Trinajstić information content (AvgIpc) is 2.86. The van der Waals surface area contributed by atoms with Gasteiger partial charge in [0.15, 0.2) is 0 Å².